The van der Waals surface area contributed by atoms with E-state index in [-0.39, 0.29) is 12.4 Å². The van der Waals surface area contributed by atoms with Crippen LogP contribution in [0.3, 0.4) is 0 Å². The molecule has 3 nitrogen and oxygen atoms in total. The summed E-state index contributed by atoms with van der Waals surface area (Å²) in [6.45, 7) is 1.29. The maximum atomic E-state index is 12.5. The van der Waals surface area contributed by atoms with Crippen molar-refractivity contribution in [3.8, 4) is 0 Å². The van der Waals surface area contributed by atoms with Gasteiger partial charge in [-0.3, -0.25) is 4.79 Å². The van der Waals surface area contributed by atoms with Crippen molar-refractivity contribution in [2.24, 2.45) is 5.41 Å². The minimum atomic E-state index is -4.17. The van der Waals surface area contributed by atoms with Gasteiger partial charge in [0, 0.05) is 6.54 Å². The fourth-order valence-electron chi connectivity index (χ4n) is 1.50. The molecule has 1 unspecified atom stereocenters. The van der Waals surface area contributed by atoms with Crippen molar-refractivity contribution in [3.05, 3.63) is 0 Å². The first-order chi connectivity index (χ1) is 7.28. The Balaban J connectivity index is 0.00000256. The summed E-state index contributed by atoms with van der Waals surface area (Å²) in [4.78, 5) is 11.5. The summed E-state index contributed by atoms with van der Waals surface area (Å²) < 4.78 is 48.7. The molecule has 0 radical (unpaired) electrons. The van der Waals surface area contributed by atoms with E-state index in [1.54, 1.807) is 6.92 Å². The van der Waals surface area contributed by atoms with Gasteiger partial charge in [0.05, 0.1) is 12.0 Å². The number of alkyl halides is 4. The van der Waals surface area contributed by atoms with E-state index < -0.39 is 30.2 Å². The van der Waals surface area contributed by atoms with Gasteiger partial charge < -0.3 is 10.6 Å². The van der Waals surface area contributed by atoms with Gasteiger partial charge in [-0.15, -0.1) is 12.4 Å². The molecular weight excluding hydrogens is 264 g/mol. The van der Waals surface area contributed by atoms with Gasteiger partial charge >= 0.3 is 12.3 Å². The average molecular weight is 279 g/mol. The van der Waals surface area contributed by atoms with Gasteiger partial charge in [0.15, 0.2) is 0 Å². The molecule has 2 N–H and O–H groups in total. The van der Waals surface area contributed by atoms with E-state index in [9.17, 15) is 22.4 Å². The number of rotatable bonds is 4. The largest absolute Gasteiger partial charge is 0.349 e. The van der Waals surface area contributed by atoms with Crippen LogP contribution >= 0.6 is 12.4 Å². The third-order valence-electron chi connectivity index (χ3n) is 2.72. The molecule has 0 aliphatic carbocycles. The normalized spacial score (nSPS) is 24.6. The summed E-state index contributed by atoms with van der Waals surface area (Å²) in [7, 11) is 0. The monoisotopic (exact) mass is 278 g/mol. The number of hydrogen-bond donors (Lipinski definition) is 2. The Kier molecular flexibility index (Phi) is 5.67. The van der Waals surface area contributed by atoms with Crippen molar-refractivity contribution in [2.75, 3.05) is 19.6 Å². The average Bonchev–Trinajstić information content (AvgIpc) is 2.62. The second kappa shape index (κ2) is 5.86. The summed E-state index contributed by atoms with van der Waals surface area (Å²) >= 11 is 0. The summed E-state index contributed by atoms with van der Waals surface area (Å²) in [6.07, 6.45) is -3.25. The van der Waals surface area contributed by atoms with Crippen molar-refractivity contribution < 1.29 is 22.4 Å². The quantitative estimate of drug-likeness (QED) is 0.764. The molecule has 1 atom stereocenters. The van der Waals surface area contributed by atoms with Crippen molar-refractivity contribution in [1.82, 2.24) is 10.6 Å². The molecule has 102 valence electrons. The first kappa shape index (κ1) is 16.4. The first-order valence-electron chi connectivity index (χ1n) is 4.93. The highest BCUT2D eigenvalue weighted by atomic mass is 35.5. The van der Waals surface area contributed by atoms with Crippen LogP contribution in [0.25, 0.3) is 0 Å². The van der Waals surface area contributed by atoms with Crippen LogP contribution in [0.15, 0.2) is 0 Å². The summed E-state index contributed by atoms with van der Waals surface area (Å²) in [5, 5.41) is 4.79. The van der Waals surface area contributed by atoms with Crippen molar-refractivity contribution in [1.29, 1.82) is 0 Å². The molecule has 1 fully saturated rings. The molecule has 1 saturated heterocycles. The molecule has 0 aromatic rings. The lowest BCUT2D eigenvalue weighted by Crippen LogP contribution is -2.47. The van der Waals surface area contributed by atoms with Crippen LogP contribution in [0.2, 0.25) is 0 Å². The van der Waals surface area contributed by atoms with E-state index in [0.717, 1.165) is 0 Å². The second-order valence-electron chi connectivity index (χ2n) is 4.23. The van der Waals surface area contributed by atoms with Gasteiger partial charge in [-0.2, -0.15) is 8.78 Å². The molecule has 8 heteroatoms. The number of carbonyl (C=O) groups excluding carboxylic acids is 1. The van der Waals surface area contributed by atoms with Gasteiger partial charge in [-0.1, -0.05) is 0 Å². The van der Waals surface area contributed by atoms with E-state index in [2.05, 4.69) is 5.32 Å². The van der Waals surface area contributed by atoms with Crippen LogP contribution in [0.1, 0.15) is 13.3 Å². The zero-order valence-electron chi connectivity index (χ0n) is 9.23. The lowest BCUT2D eigenvalue weighted by atomic mass is 9.89. The second-order valence-corrected chi connectivity index (χ2v) is 4.23. The highest BCUT2D eigenvalue weighted by Crippen LogP contribution is 2.26. The van der Waals surface area contributed by atoms with Gasteiger partial charge in [0.25, 0.3) is 0 Å². The molecule has 1 heterocycles. The minimum Gasteiger partial charge on any atom is -0.349 e. The predicted octanol–water partition coefficient (Wildman–Crippen LogP) is 1.42. The summed E-state index contributed by atoms with van der Waals surface area (Å²) in [6, 6.07) is 0. The third kappa shape index (κ3) is 3.99. The number of halogens is 5. The number of nitrogens with one attached hydrogen (secondary N) is 2. The SMILES string of the molecule is CC1(C(=O)NCC(F)(F)C(F)F)CCNC1.Cl. The minimum absolute atomic E-state index is 0. The van der Waals surface area contributed by atoms with Crippen LogP contribution in [0, 0.1) is 5.41 Å². The Labute approximate surface area is 103 Å². The highest BCUT2D eigenvalue weighted by Gasteiger charge is 2.43. The van der Waals surface area contributed by atoms with Crippen LogP contribution in [0.5, 0.6) is 0 Å². The Morgan fingerprint density at radius 3 is 2.53 bits per heavy atom. The predicted molar refractivity (Wildman–Crippen MR) is 56.8 cm³/mol. The fourth-order valence-corrected chi connectivity index (χ4v) is 1.50. The zero-order chi connectivity index (χ0) is 12.4. The molecule has 0 saturated carbocycles. The maximum absolute atomic E-state index is 12.5. The van der Waals surface area contributed by atoms with E-state index in [0.29, 0.717) is 19.5 Å². The number of amides is 1. The van der Waals surface area contributed by atoms with E-state index in [1.807, 2.05) is 5.32 Å². The van der Waals surface area contributed by atoms with Gasteiger partial charge in [-0.25, -0.2) is 8.78 Å². The van der Waals surface area contributed by atoms with Crippen molar-refractivity contribution in [3.63, 3.8) is 0 Å². The van der Waals surface area contributed by atoms with E-state index >= 15 is 0 Å². The summed E-state index contributed by atoms with van der Waals surface area (Å²) in [5.74, 6) is -4.78. The Morgan fingerprint density at radius 2 is 2.12 bits per heavy atom. The summed E-state index contributed by atoms with van der Waals surface area (Å²) in [5.41, 5.74) is -0.780. The molecule has 0 bridgehead atoms. The van der Waals surface area contributed by atoms with Crippen LogP contribution in [0.4, 0.5) is 17.6 Å². The number of hydrogen-bond acceptors (Lipinski definition) is 2. The maximum Gasteiger partial charge on any atom is 0.324 e. The van der Waals surface area contributed by atoms with Crippen LogP contribution < -0.4 is 10.6 Å². The van der Waals surface area contributed by atoms with Crippen molar-refractivity contribution >= 4 is 18.3 Å². The van der Waals surface area contributed by atoms with E-state index in [4.69, 9.17) is 0 Å². The number of carbonyl (C=O) groups is 1. The first-order valence-corrected chi connectivity index (χ1v) is 4.93. The van der Waals surface area contributed by atoms with Crippen LogP contribution in [-0.4, -0.2) is 37.9 Å². The Morgan fingerprint density at radius 1 is 1.53 bits per heavy atom. The molecule has 1 amide bonds. The molecule has 0 aromatic carbocycles. The zero-order valence-corrected chi connectivity index (χ0v) is 10.1. The van der Waals surface area contributed by atoms with Crippen LogP contribution in [-0.2, 0) is 4.79 Å². The lowest BCUT2D eigenvalue weighted by molar-refractivity contribution is -0.141. The standard InChI is InChI=1S/C9H14F4N2O.ClH/c1-8(2-3-14-4-8)7(16)15-5-9(12,13)6(10)11;/h6,14H,2-5H2,1H3,(H,15,16);1H. The Hall–Kier alpha value is -0.560. The molecule has 1 aliphatic rings. The molecule has 1 aliphatic heterocycles. The third-order valence-corrected chi connectivity index (χ3v) is 2.72. The van der Waals surface area contributed by atoms with Gasteiger partial charge in [-0.05, 0) is 19.9 Å². The molecule has 0 spiro atoms. The molecule has 1 rings (SSSR count). The van der Waals surface area contributed by atoms with Crippen molar-refractivity contribution in [2.45, 2.75) is 25.7 Å². The fraction of sp³-hybridized carbons (Fsp3) is 0.889. The molecular formula is C9H15ClF4N2O. The highest BCUT2D eigenvalue weighted by molar-refractivity contribution is 5.85. The topological polar surface area (TPSA) is 41.1 Å². The smallest absolute Gasteiger partial charge is 0.324 e. The molecule has 0 aromatic heterocycles. The van der Waals surface area contributed by atoms with Gasteiger partial charge in [0.1, 0.15) is 0 Å². The Bertz CT molecular complexity index is 270. The lowest BCUT2D eigenvalue weighted by Gasteiger charge is -2.23. The van der Waals surface area contributed by atoms with Gasteiger partial charge in [0.2, 0.25) is 5.91 Å². The van der Waals surface area contributed by atoms with E-state index in [1.165, 1.54) is 0 Å². The molecule has 17 heavy (non-hydrogen) atoms.